The van der Waals surface area contributed by atoms with E-state index in [9.17, 15) is 8.42 Å². The Hall–Kier alpha value is -1.24. The lowest BCUT2D eigenvalue weighted by molar-refractivity contribution is 0.601. The number of nitrogens with zero attached hydrogens (tertiary/aromatic N) is 1. The number of rotatable bonds is 3. The number of aromatic amines is 1. The first kappa shape index (κ1) is 12.2. The molecule has 0 aliphatic heterocycles. The van der Waals surface area contributed by atoms with Crippen molar-refractivity contribution in [3.63, 3.8) is 0 Å². The Balaban J connectivity index is 2.38. The van der Waals surface area contributed by atoms with Crippen LogP contribution in [0.3, 0.4) is 0 Å². The minimum Gasteiger partial charge on any atom is -0.284 e. The van der Waals surface area contributed by atoms with E-state index >= 15 is 0 Å². The normalized spacial score (nSPS) is 11.4. The van der Waals surface area contributed by atoms with Crippen LogP contribution in [0, 0.1) is 0 Å². The summed E-state index contributed by atoms with van der Waals surface area (Å²) in [4.78, 5) is -0.00352. The molecule has 8 heteroatoms. The number of halogens is 2. The molecule has 0 spiro atoms. The second-order valence-corrected chi connectivity index (χ2v) is 5.75. The first-order valence-electron chi connectivity index (χ1n) is 4.45. The van der Waals surface area contributed by atoms with Gasteiger partial charge in [-0.1, -0.05) is 23.2 Å². The molecular weight excluding hydrogens is 285 g/mol. The van der Waals surface area contributed by atoms with Gasteiger partial charge in [0, 0.05) is 16.2 Å². The van der Waals surface area contributed by atoms with Crippen LogP contribution in [0.5, 0.6) is 0 Å². The lowest BCUT2D eigenvalue weighted by Gasteiger charge is -2.06. The van der Waals surface area contributed by atoms with Gasteiger partial charge in [-0.2, -0.15) is 5.10 Å². The van der Waals surface area contributed by atoms with Crippen molar-refractivity contribution in [3.8, 4) is 0 Å². The number of benzene rings is 1. The molecule has 0 atom stereocenters. The SMILES string of the molecule is O=S(=O)(Nc1cn[nH]c1)c1cc(Cl)cc(Cl)c1. The molecule has 2 rings (SSSR count). The number of hydrogen-bond acceptors (Lipinski definition) is 3. The van der Waals surface area contributed by atoms with Crippen LogP contribution in [0.25, 0.3) is 0 Å². The van der Waals surface area contributed by atoms with E-state index in [0.717, 1.165) is 0 Å². The predicted octanol–water partition coefficient (Wildman–Crippen LogP) is 2.52. The second kappa shape index (κ2) is 4.56. The Morgan fingerprint density at radius 1 is 1.18 bits per heavy atom. The molecule has 0 unspecified atom stereocenters. The van der Waals surface area contributed by atoms with Crippen molar-refractivity contribution >= 4 is 38.9 Å². The van der Waals surface area contributed by atoms with Gasteiger partial charge < -0.3 is 0 Å². The highest BCUT2D eigenvalue weighted by molar-refractivity contribution is 7.92. The molecule has 0 saturated carbocycles. The fourth-order valence-electron chi connectivity index (χ4n) is 1.20. The smallest absolute Gasteiger partial charge is 0.262 e. The fraction of sp³-hybridized carbons (Fsp3) is 0. The van der Waals surface area contributed by atoms with Crippen LogP contribution >= 0.6 is 23.2 Å². The lowest BCUT2D eigenvalue weighted by atomic mass is 10.4. The molecule has 0 aliphatic carbocycles. The summed E-state index contributed by atoms with van der Waals surface area (Å²) in [5, 5.41) is 6.64. The highest BCUT2D eigenvalue weighted by atomic mass is 35.5. The summed E-state index contributed by atoms with van der Waals surface area (Å²) < 4.78 is 26.2. The van der Waals surface area contributed by atoms with E-state index < -0.39 is 10.0 Å². The monoisotopic (exact) mass is 291 g/mol. The molecule has 0 bridgehead atoms. The first-order chi connectivity index (χ1) is 7.97. The van der Waals surface area contributed by atoms with Crippen LogP contribution in [0.15, 0.2) is 35.5 Å². The number of H-pyrrole nitrogens is 1. The van der Waals surface area contributed by atoms with Gasteiger partial charge in [-0.05, 0) is 18.2 Å². The molecule has 0 fully saturated rings. The molecule has 2 aromatic rings. The summed E-state index contributed by atoms with van der Waals surface area (Å²) in [6, 6.07) is 4.09. The molecule has 1 aromatic carbocycles. The van der Waals surface area contributed by atoms with Crippen molar-refractivity contribution in [1.82, 2.24) is 10.2 Å². The molecule has 0 saturated heterocycles. The minimum atomic E-state index is -3.71. The van der Waals surface area contributed by atoms with Crippen LogP contribution in [0.1, 0.15) is 0 Å². The molecule has 0 amide bonds. The molecular formula is C9H7Cl2N3O2S. The molecule has 5 nitrogen and oxygen atoms in total. The van der Waals surface area contributed by atoms with Crippen LogP contribution in [-0.2, 0) is 10.0 Å². The van der Waals surface area contributed by atoms with Crippen LogP contribution in [-0.4, -0.2) is 18.6 Å². The van der Waals surface area contributed by atoms with Gasteiger partial charge in [-0.3, -0.25) is 9.82 Å². The third-order valence-electron chi connectivity index (χ3n) is 1.90. The van der Waals surface area contributed by atoms with Gasteiger partial charge in [0.05, 0.1) is 16.8 Å². The van der Waals surface area contributed by atoms with Crippen molar-refractivity contribution in [2.45, 2.75) is 4.90 Å². The Labute approximate surface area is 108 Å². The average Bonchev–Trinajstić information content (AvgIpc) is 2.68. The van der Waals surface area contributed by atoms with Gasteiger partial charge in [-0.15, -0.1) is 0 Å². The van der Waals surface area contributed by atoms with E-state index in [1.165, 1.54) is 30.6 Å². The number of anilines is 1. The first-order valence-corrected chi connectivity index (χ1v) is 6.69. The molecule has 0 radical (unpaired) electrons. The van der Waals surface area contributed by atoms with Gasteiger partial charge in [0.2, 0.25) is 0 Å². The van der Waals surface area contributed by atoms with Gasteiger partial charge in [-0.25, -0.2) is 8.42 Å². The highest BCUT2D eigenvalue weighted by Crippen LogP contribution is 2.23. The maximum Gasteiger partial charge on any atom is 0.262 e. The van der Waals surface area contributed by atoms with Gasteiger partial charge in [0.15, 0.2) is 0 Å². The van der Waals surface area contributed by atoms with Crippen molar-refractivity contribution in [2.75, 3.05) is 4.72 Å². The lowest BCUT2D eigenvalue weighted by Crippen LogP contribution is -2.12. The third kappa shape index (κ3) is 2.91. The van der Waals surface area contributed by atoms with E-state index in [1.807, 2.05) is 0 Å². The quantitative estimate of drug-likeness (QED) is 0.912. The van der Waals surface area contributed by atoms with E-state index in [4.69, 9.17) is 23.2 Å². The number of hydrogen-bond donors (Lipinski definition) is 2. The summed E-state index contributed by atoms with van der Waals surface area (Å²) in [6.07, 6.45) is 2.77. The predicted molar refractivity (Wildman–Crippen MR) is 65.9 cm³/mol. The van der Waals surface area contributed by atoms with E-state index in [1.54, 1.807) is 0 Å². The molecule has 0 aliphatic rings. The van der Waals surface area contributed by atoms with E-state index in [-0.39, 0.29) is 14.9 Å². The summed E-state index contributed by atoms with van der Waals surface area (Å²) in [6.45, 7) is 0. The second-order valence-electron chi connectivity index (χ2n) is 3.20. The fourth-order valence-corrected chi connectivity index (χ4v) is 2.96. The van der Waals surface area contributed by atoms with E-state index in [0.29, 0.717) is 5.69 Å². The third-order valence-corrected chi connectivity index (χ3v) is 3.69. The Kier molecular flexibility index (Phi) is 3.28. The van der Waals surface area contributed by atoms with Crippen molar-refractivity contribution < 1.29 is 8.42 Å². The standard InChI is InChI=1S/C9H7Cl2N3O2S/c10-6-1-7(11)3-9(2-6)17(15,16)14-8-4-12-13-5-8/h1-5,14H,(H,12,13). The number of sulfonamides is 1. The van der Waals surface area contributed by atoms with Crippen LogP contribution in [0.2, 0.25) is 10.0 Å². The maximum atomic E-state index is 11.9. The summed E-state index contributed by atoms with van der Waals surface area (Å²) >= 11 is 11.5. The van der Waals surface area contributed by atoms with Gasteiger partial charge in [0.1, 0.15) is 0 Å². The molecule has 17 heavy (non-hydrogen) atoms. The van der Waals surface area contributed by atoms with Crippen LogP contribution in [0.4, 0.5) is 5.69 Å². The van der Waals surface area contributed by atoms with Gasteiger partial charge >= 0.3 is 0 Å². The minimum absolute atomic E-state index is 0.00352. The van der Waals surface area contributed by atoms with Crippen molar-refractivity contribution in [3.05, 3.63) is 40.6 Å². The Bertz CT molecular complexity index is 605. The van der Waals surface area contributed by atoms with Gasteiger partial charge in [0.25, 0.3) is 10.0 Å². The summed E-state index contributed by atoms with van der Waals surface area (Å²) in [5.74, 6) is 0. The molecule has 1 heterocycles. The maximum absolute atomic E-state index is 11.9. The van der Waals surface area contributed by atoms with Crippen molar-refractivity contribution in [2.24, 2.45) is 0 Å². The largest absolute Gasteiger partial charge is 0.284 e. The average molecular weight is 292 g/mol. The van der Waals surface area contributed by atoms with Crippen LogP contribution < -0.4 is 4.72 Å². The molecule has 90 valence electrons. The molecule has 2 N–H and O–H groups in total. The van der Waals surface area contributed by atoms with Crippen molar-refractivity contribution in [1.29, 1.82) is 0 Å². The number of aromatic nitrogens is 2. The van der Waals surface area contributed by atoms with E-state index in [2.05, 4.69) is 14.9 Å². The number of nitrogens with one attached hydrogen (secondary N) is 2. The zero-order valence-electron chi connectivity index (χ0n) is 8.31. The summed E-state index contributed by atoms with van der Waals surface area (Å²) in [7, 11) is -3.71. The molecule has 1 aromatic heterocycles. The topological polar surface area (TPSA) is 74.8 Å². The zero-order chi connectivity index (χ0) is 12.5. The Morgan fingerprint density at radius 2 is 1.82 bits per heavy atom. The highest BCUT2D eigenvalue weighted by Gasteiger charge is 2.16. The zero-order valence-corrected chi connectivity index (χ0v) is 10.6. The summed E-state index contributed by atoms with van der Waals surface area (Å²) in [5.41, 5.74) is 0.334. The Morgan fingerprint density at radius 3 is 2.35 bits per heavy atom.